The van der Waals surface area contributed by atoms with Gasteiger partial charge in [-0.15, -0.1) is 24.0 Å². The molecule has 1 fully saturated rings. The molecule has 7 nitrogen and oxygen atoms in total. The Morgan fingerprint density at radius 1 is 1.26 bits per heavy atom. The third-order valence-electron chi connectivity index (χ3n) is 5.22. The first-order chi connectivity index (χ1) is 14.6. The maximum absolute atomic E-state index is 6.32. The molecular formula is C23H35IN4O3. The first-order valence-corrected chi connectivity index (χ1v) is 10.9. The molecule has 1 aliphatic rings. The van der Waals surface area contributed by atoms with Gasteiger partial charge in [0.25, 0.3) is 0 Å². The molecule has 0 saturated heterocycles. The highest BCUT2D eigenvalue weighted by atomic mass is 127. The molecule has 2 aromatic rings. The average molecular weight is 542 g/mol. The number of benzene rings is 1. The first kappa shape index (κ1) is 25.3. The van der Waals surface area contributed by atoms with Gasteiger partial charge in [0.15, 0.2) is 23.2 Å². The van der Waals surface area contributed by atoms with Crippen molar-refractivity contribution < 1.29 is 14.0 Å². The summed E-state index contributed by atoms with van der Waals surface area (Å²) in [5.74, 6) is 3.42. The molecule has 172 valence electrons. The van der Waals surface area contributed by atoms with Crippen LogP contribution >= 0.6 is 24.0 Å². The van der Waals surface area contributed by atoms with E-state index in [1.54, 1.807) is 7.11 Å². The molecule has 1 saturated carbocycles. The third-order valence-corrected chi connectivity index (χ3v) is 5.22. The number of hydrogen-bond acceptors (Lipinski definition) is 5. The van der Waals surface area contributed by atoms with Crippen molar-refractivity contribution in [3.05, 3.63) is 41.3 Å². The maximum atomic E-state index is 6.32. The van der Waals surface area contributed by atoms with Crippen molar-refractivity contribution >= 4 is 29.9 Å². The summed E-state index contributed by atoms with van der Waals surface area (Å²) in [5, 5.41) is 10.7. The highest BCUT2D eigenvalue weighted by Gasteiger charge is 2.20. The second kappa shape index (κ2) is 12.8. The predicted molar refractivity (Wildman–Crippen MR) is 134 cm³/mol. The van der Waals surface area contributed by atoms with Crippen LogP contribution < -0.4 is 20.1 Å². The van der Waals surface area contributed by atoms with Gasteiger partial charge >= 0.3 is 0 Å². The van der Waals surface area contributed by atoms with Gasteiger partial charge in [0, 0.05) is 18.2 Å². The molecule has 0 amide bonds. The molecule has 3 rings (SSSR count). The van der Waals surface area contributed by atoms with Crippen LogP contribution in [0.15, 0.2) is 33.8 Å². The van der Waals surface area contributed by atoms with E-state index in [1.807, 2.05) is 31.2 Å². The van der Waals surface area contributed by atoms with Crippen molar-refractivity contribution in [2.45, 2.75) is 71.6 Å². The Kier molecular flexibility index (Phi) is 10.4. The van der Waals surface area contributed by atoms with Crippen LogP contribution in [0.4, 0.5) is 0 Å². The van der Waals surface area contributed by atoms with Crippen molar-refractivity contribution in [2.75, 3.05) is 13.7 Å². The summed E-state index contributed by atoms with van der Waals surface area (Å²) >= 11 is 0. The van der Waals surface area contributed by atoms with Gasteiger partial charge in [-0.3, -0.25) is 0 Å². The number of ether oxygens (including phenoxy) is 2. The molecule has 0 bridgehead atoms. The van der Waals surface area contributed by atoms with Gasteiger partial charge < -0.3 is 24.6 Å². The van der Waals surface area contributed by atoms with E-state index in [1.165, 1.54) is 12.8 Å². The van der Waals surface area contributed by atoms with Crippen LogP contribution in [-0.2, 0) is 13.1 Å². The van der Waals surface area contributed by atoms with Crippen molar-refractivity contribution in [1.82, 2.24) is 15.8 Å². The van der Waals surface area contributed by atoms with Crippen LogP contribution in [0.1, 0.15) is 69.4 Å². The van der Waals surface area contributed by atoms with Crippen LogP contribution in [0.5, 0.6) is 11.5 Å². The predicted octanol–water partition coefficient (Wildman–Crippen LogP) is 5.00. The summed E-state index contributed by atoms with van der Waals surface area (Å²) in [6, 6.07) is 7.95. The Morgan fingerprint density at radius 2 is 2.03 bits per heavy atom. The van der Waals surface area contributed by atoms with Gasteiger partial charge in [0.05, 0.1) is 32.0 Å². The van der Waals surface area contributed by atoms with Gasteiger partial charge in [0.1, 0.15) is 0 Å². The molecule has 0 unspecified atom stereocenters. The fourth-order valence-corrected chi connectivity index (χ4v) is 3.51. The van der Waals surface area contributed by atoms with Crippen molar-refractivity contribution in [2.24, 2.45) is 4.99 Å². The summed E-state index contributed by atoms with van der Waals surface area (Å²) in [4.78, 5) is 4.75. The van der Waals surface area contributed by atoms with Crippen LogP contribution in [0.2, 0.25) is 0 Å². The largest absolute Gasteiger partial charge is 0.493 e. The summed E-state index contributed by atoms with van der Waals surface area (Å²) < 4.78 is 17.3. The number of nitrogens with zero attached hydrogens (tertiary/aromatic N) is 2. The maximum Gasteiger partial charge on any atom is 0.191 e. The Bertz CT molecular complexity index is 832. The smallest absolute Gasteiger partial charge is 0.191 e. The Balaban J connectivity index is 0.00000341. The van der Waals surface area contributed by atoms with Crippen molar-refractivity contribution in [3.63, 3.8) is 0 Å². The topological polar surface area (TPSA) is 80.9 Å². The van der Waals surface area contributed by atoms with E-state index in [0.717, 1.165) is 53.9 Å². The molecule has 0 spiro atoms. The van der Waals surface area contributed by atoms with E-state index in [2.05, 4.69) is 29.6 Å². The lowest BCUT2D eigenvalue weighted by atomic mass is 10.1. The quantitative estimate of drug-likeness (QED) is 0.264. The van der Waals surface area contributed by atoms with Crippen molar-refractivity contribution in [3.8, 4) is 11.5 Å². The van der Waals surface area contributed by atoms with E-state index in [9.17, 15) is 0 Å². The zero-order chi connectivity index (χ0) is 21.3. The summed E-state index contributed by atoms with van der Waals surface area (Å²) in [5.41, 5.74) is 1.97. The second-order valence-electron chi connectivity index (χ2n) is 7.89. The standard InChI is InChI=1S/C23H34N4O3.HI/c1-5-24-23(26-15-19-13-20(16(2)3)27-30-19)25-14-17-9-8-12-21(28-4)22(17)29-18-10-6-7-11-18;/h8-9,12-13,16,18H,5-7,10-11,14-15H2,1-4H3,(H2,24,25,26);1H. The molecule has 31 heavy (non-hydrogen) atoms. The number of aromatic nitrogens is 1. The third kappa shape index (κ3) is 7.29. The minimum absolute atomic E-state index is 0. The zero-order valence-corrected chi connectivity index (χ0v) is 21.3. The van der Waals surface area contributed by atoms with E-state index < -0.39 is 0 Å². The number of para-hydroxylation sites is 1. The lowest BCUT2D eigenvalue weighted by Crippen LogP contribution is -2.36. The fourth-order valence-electron chi connectivity index (χ4n) is 3.51. The van der Waals surface area contributed by atoms with Gasteiger partial charge in [0.2, 0.25) is 0 Å². The molecule has 1 aliphatic carbocycles. The molecule has 0 atom stereocenters. The average Bonchev–Trinajstić information content (AvgIpc) is 3.43. The molecular weight excluding hydrogens is 507 g/mol. The SMILES string of the molecule is CCNC(=NCc1cccc(OC)c1OC1CCCC1)NCc1cc(C(C)C)no1.I. The highest BCUT2D eigenvalue weighted by Crippen LogP contribution is 2.35. The molecule has 1 aromatic carbocycles. The van der Waals surface area contributed by atoms with Crippen LogP contribution in [-0.4, -0.2) is 30.9 Å². The molecule has 8 heteroatoms. The number of aliphatic imine (C=N–C) groups is 1. The summed E-state index contributed by atoms with van der Waals surface area (Å²) in [6.45, 7) is 8.02. The normalized spacial score (nSPS) is 14.4. The minimum atomic E-state index is 0. The van der Waals surface area contributed by atoms with E-state index in [0.29, 0.717) is 19.0 Å². The Hall–Kier alpha value is -1.97. The number of guanidine groups is 1. The molecule has 0 aliphatic heterocycles. The van der Waals surface area contributed by atoms with Crippen LogP contribution in [0, 0.1) is 0 Å². The van der Waals surface area contributed by atoms with Crippen molar-refractivity contribution in [1.29, 1.82) is 0 Å². The zero-order valence-electron chi connectivity index (χ0n) is 18.9. The second-order valence-corrected chi connectivity index (χ2v) is 7.89. The van der Waals surface area contributed by atoms with E-state index in [-0.39, 0.29) is 30.1 Å². The lowest BCUT2D eigenvalue weighted by Gasteiger charge is -2.19. The summed E-state index contributed by atoms with van der Waals surface area (Å²) in [7, 11) is 1.68. The molecule has 0 radical (unpaired) electrons. The van der Waals surface area contributed by atoms with Gasteiger partial charge in [-0.05, 0) is 44.6 Å². The fraction of sp³-hybridized carbons (Fsp3) is 0.565. The first-order valence-electron chi connectivity index (χ1n) is 10.9. The number of halogens is 1. The minimum Gasteiger partial charge on any atom is -0.493 e. The Morgan fingerprint density at radius 3 is 2.68 bits per heavy atom. The number of hydrogen-bond donors (Lipinski definition) is 2. The number of rotatable bonds is 9. The molecule has 2 N–H and O–H groups in total. The highest BCUT2D eigenvalue weighted by molar-refractivity contribution is 14.0. The van der Waals surface area contributed by atoms with Gasteiger partial charge in [-0.2, -0.15) is 0 Å². The molecule has 1 heterocycles. The molecule has 1 aromatic heterocycles. The number of nitrogens with one attached hydrogen (secondary N) is 2. The Labute approximate surface area is 202 Å². The summed E-state index contributed by atoms with van der Waals surface area (Å²) in [6.07, 6.45) is 4.90. The van der Waals surface area contributed by atoms with E-state index in [4.69, 9.17) is 19.0 Å². The van der Waals surface area contributed by atoms with Crippen LogP contribution in [0.3, 0.4) is 0 Å². The van der Waals surface area contributed by atoms with Gasteiger partial charge in [-0.25, -0.2) is 4.99 Å². The van der Waals surface area contributed by atoms with Gasteiger partial charge in [-0.1, -0.05) is 31.1 Å². The number of methoxy groups -OCH3 is 1. The van der Waals surface area contributed by atoms with E-state index >= 15 is 0 Å². The van der Waals surface area contributed by atoms with Crippen LogP contribution in [0.25, 0.3) is 0 Å². The monoisotopic (exact) mass is 542 g/mol. The lowest BCUT2D eigenvalue weighted by molar-refractivity contribution is 0.198.